The number of para-hydroxylation sites is 1. The van der Waals surface area contributed by atoms with Gasteiger partial charge in [0.1, 0.15) is 5.92 Å². The van der Waals surface area contributed by atoms with Gasteiger partial charge in [-0.25, -0.2) is 4.79 Å². The average molecular weight is 390 g/mol. The van der Waals surface area contributed by atoms with Gasteiger partial charge in [0.15, 0.2) is 5.72 Å². The van der Waals surface area contributed by atoms with Crippen LogP contribution in [0.15, 0.2) is 35.5 Å². The molecular weight excluding hydrogens is 368 g/mol. The van der Waals surface area contributed by atoms with Gasteiger partial charge in [0.2, 0.25) is 0 Å². The lowest BCUT2D eigenvalue weighted by Crippen LogP contribution is -2.57. The van der Waals surface area contributed by atoms with Gasteiger partial charge < -0.3 is 19.1 Å². The summed E-state index contributed by atoms with van der Waals surface area (Å²) in [6, 6.07) is 6.05. The monoisotopic (exact) mass is 390 g/mol. The summed E-state index contributed by atoms with van der Waals surface area (Å²) in [4.78, 5) is 38.5. The van der Waals surface area contributed by atoms with Crippen LogP contribution in [0.2, 0.25) is 0 Å². The van der Waals surface area contributed by atoms with Crippen LogP contribution in [0, 0.1) is 16.0 Å². The van der Waals surface area contributed by atoms with Gasteiger partial charge in [0.25, 0.3) is 5.69 Å². The van der Waals surface area contributed by atoms with Crippen molar-refractivity contribution in [2.75, 3.05) is 27.4 Å². The van der Waals surface area contributed by atoms with Crippen molar-refractivity contribution < 1.29 is 28.7 Å². The molecule has 3 atom stereocenters. The molecule has 0 amide bonds. The Morgan fingerprint density at radius 2 is 1.96 bits per heavy atom. The Balaban J connectivity index is 2.35. The summed E-state index contributed by atoms with van der Waals surface area (Å²) in [6.07, 6.45) is 0. The zero-order chi connectivity index (χ0) is 20.6. The number of hydrogen-bond donors (Lipinski definition) is 0. The Hall–Kier alpha value is -2.94. The molecule has 0 radical (unpaired) electrons. The number of esters is 2. The third-order valence-electron chi connectivity index (χ3n) is 5.59. The normalized spacial score (nSPS) is 26.6. The van der Waals surface area contributed by atoms with Crippen LogP contribution in [0.3, 0.4) is 0 Å². The minimum atomic E-state index is -1.11. The first-order valence-electron chi connectivity index (χ1n) is 8.79. The summed E-state index contributed by atoms with van der Waals surface area (Å²) in [5, 5.41) is 11.7. The molecule has 0 bridgehead atoms. The van der Waals surface area contributed by atoms with E-state index in [9.17, 15) is 19.7 Å². The van der Waals surface area contributed by atoms with E-state index >= 15 is 0 Å². The first kappa shape index (κ1) is 19.8. The van der Waals surface area contributed by atoms with Crippen molar-refractivity contribution >= 4 is 17.6 Å². The number of ether oxygens (including phenoxy) is 3. The molecule has 0 aromatic heterocycles. The molecule has 28 heavy (non-hydrogen) atoms. The summed E-state index contributed by atoms with van der Waals surface area (Å²) in [7, 11) is 2.48. The number of fused-ring (bicyclic) bond motifs is 1. The van der Waals surface area contributed by atoms with E-state index in [0.29, 0.717) is 18.8 Å². The molecule has 1 aromatic carbocycles. The van der Waals surface area contributed by atoms with Crippen LogP contribution in [0.1, 0.15) is 25.3 Å². The fraction of sp³-hybridized carbons (Fsp3) is 0.474. The average Bonchev–Trinajstić information content (AvgIpc) is 3.09. The number of methoxy groups -OCH3 is 2. The lowest BCUT2D eigenvalue weighted by Gasteiger charge is -2.48. The zero-order valence-electron chi connectivity index (χ0n) is 16.1. The van der Waals surface area contributed by atoms with Crippen LogP contribution in [-0.4, -0.2) is 54.9 Å². The van der Waals surface area contributed by atoms with Gasteiger partial charge in [0, 0.05) is 29.8 Å². The molecule has 9 nitrogen and oxygen atoms in total. The molecular formula is C19H22N2O7. The molecule has 2 aliphatic heterocycles. The highest BCUT2D eigenvalue weighted by atomic mass is 16.6. The molecule has 0 aliphatic carbocycles. The van der Waals surface area contributed by atoms with Crippen molar-refractivity contribution in [1.29, 1.82) is 0 Å². The first-order chi connectivity index (χ1) is 13.3. The van der Waals surface area contributed by atoms with Crippen molar-refractivity contribution in [2.24, 2.45) is 5.92 Å². The molecule has 0 saturated carbocycles. The smallest absolute Gasteiger partial charge is 0.336 e. The fourth-order valence-corrected chi connectivity index (χ4v) is 4.37. The zero-order valence-corrected chi connectivity index (χ0v) is 16.1. The molecule has 9 heteroatoms. The Morgan fingerprint density at radius 3 is 2.57 bits per heavy atom. The number of carbonyl (C=O) groups excluding carboxylic acids is 2. The summed E-state index contributed by atoms with van der Waals surface area (Å²) in [6.45, 7) is 4.29. The van der Waals surface area contributed by atoms with E-state index in [2.05, 4.69) is 0 Å². The predicted octanol–water partition coefficient (Wildman–Crippen LogP) is 1.98. The van der Waals surface area contributed by atoms with Crippen molar-refractivity contribution in [3.8, 4) is 0 Å². The first-order valence-corrected chi connectivity index (χ1v) is 8.79. The standard InChI is InChI=1S/C19H22N2O7/c1-11-14(17(22)26-3)15(12-7-5-6-8-13(12)21(24)25)16(18(23)27-4)19(2)20(11)9-10-28-19/h5-8,15-16H,9-10H2,1-4H3/t15-,16-,19+/m1/s1. The second-order valence-electron chi connectivity index (χ2n) is 6.84. The second kappa shape index (κ2) is 7.23. The van der Waals surface area contributed by atoms with Gasteiger partial charge >= 0.3 is 11.9 Å². The number of rotatable bonds is 4. The third kappa shape index (κ3) is 2.82. The van der Waals surface area contributed by atoms with E-state index in [1.165, 1.54) is 26.4 Å². The van der Waals surface area contributed by atoms with Crippen LogP contribution in [0.5, 0.6) is 0 Å². The fourth-order valence-electron chi connectivity index (χ4n) is 4.37. The highest BCUT2D eigenvalue weighted by Crippen LogP contribution is 2.52. The number of nitrogens with zero attached hydrogens (tertiary/aromatic N) is 2. The van der Waals surface area contributed by atoms with E-state index in [1.807, 2.05) is 4.90 Å². The number of nitro groups is 1. The number of carbonyl (C=O) groups is 2. The number of allylic oxidation sites excluding steroid dienone is 1. The van der Waals surface area contributed by atoms with E-state index in [1.54, 1.807) is 26.0 Å². The van der Waals surface area contributed by atoms with Gasteiger partial charge in [-0.3, -0.25) is 14.9 Å². The summed E-state index contributed by atoms with van der Waals surface area (Å²) in [5.74, 6) is -3.23. The maximum Gasteiger partial charge on any atom is 0.336 e. The lowest BCUT2D eigenvalue weighted by molar-refractivity contribution is -0.385. The SMILES string of the molecule is COC(=O)C1=C(C)N2CCO[C@@]2(C)[C@@H](C(=O)OC)[C@@H]1c1ccccc1[N+](=O)[O-]. The molecule has 0 N–H and O–H groups in total. The van der Waals surface area contributed by atoms with Crippen molar-refractivity contribution in [1.82, 2.24) is 4.90 Å². The molecule has 1 aromatic rings. The molecule has 1 saturated heterocycles. The minimum Gasteiger partial charge on any atom is -0.469 e. The molecule has 2 heterocycles. The highest BCUT2D eigenvalue weighted by molar-refractivity contribution is 5.94. The maximum absolute atomic E-state index is 12.9. The predicted molar refractivity (Wildman–Crippen MR) is 97.1 cm³/mol. The summed E-state index contributed by atoms with van der Waals surface area (Å²) >= 11 is 0. The van der Waals surface area contributed by atoms with Crippen LogP contribution in [-0.2, 0) is 23.8 Å². The van der Waals surface area contributed by atoms with Crippen molar-refractivity contribution in [3.05, 3.63) is 51.2 Å². The lowest BCUT2D eigenvalue weighted by atomic mass is 9.71. The van der Waals surface area contributed by atoms with Crippen molar-refractivity contribution in [2.45, 2.75) is 25.5 Å². The summed E-state index contributed by atoms with van der Waals surface area (Å²) < 4.78 is 15.9. The van der Waals surface area contributed by atoms with Gasteiger partial charge in [0.05, 0.1) is 31.3 Å². The van der Waals surface area contributed by atoms with Gasteiger partial charge in [-0.15, -0.1) is 0 Å². The van der Waals surface area contributed by atoms with E-state index in [-0.39, 0.29) is 16.8 Å². The molecule has 2 aliphatic rings. The largest absolute Gasteiger partial charge is 0.469 e. The number of benzene rings is 1. The maximum atomic E-state index is 12.9. The van der Waals surface area contributed by atoms with E-state index in [0.717, 1.165) is 0 Å². The van der Waals surface area contributed by atoms with Crippen LogP contribution in [0.4, 0.5) is 5.69 Å². The van der Waals surface area contributed by atoms with Gasteiger partial charge in [-0.1, -0.05) is 18.2 Å². The molecule has 0 unspecified atom stereocenters. The third-order valence-corrected chi connectivity index (χ3v) is 5.59. The van der Waals surface area contributed by atoms with Crippen LogP contribution >= 0.6 is 0 Å². The highest BCUT2D eigenvalue weighted by Gasteiger charge is 2.59. The second-order valence-corrected chi connectivity index (χ2v) is 6.84. The minimum absolute atomic E-state index is 0.189. The number of hydrogen-bond acceptors (Lipinski definition) is 8. The van der Waals surface area contributed by atoms with Gasteiger partial charge in [-0.2, -0.15) is 0 Å². The summed E-state index contributed by atoms with van der Waals surface area (Å²) in [5.41, 5.74) is -0.307. The Bertz CT molecular complexity index is 866. The molecule has 1 fully saturated rings. The van der Waals surface area contributed by atoms with Crippen molar-refractivity contribution in [3.63, 3.8) is 0 Å². The molecule has 3 rings (SSSR count). The van der Waals surface area contributed by atoms with Crippen LogP contribution < -0.4 is 0 Å². The van der Waals surface area contributed by atoms with E-state index < -0.39 is 34.4 Å². The molecule has 0 spiro atoms. The Labute approximate surface area is 162 Å². The quantitative estimate of drug-likeness (QED) is 0.436. The Morgan fingerprint density at radius 1 is 1.29 bits per heavy atom. The van der Waals surface area contributed by atoms with Crippen LogP contribution in [0.25, 0.3) is 0 Å². The van der Waals surface area contributed by atoms with Gasteiger partial charge in [-0.05, 0) is 13.8 Å². The molecule has 150 valence electrons. The Kier molecular flexibility index (Phi) is 5.12. The topological polar surface area (TPSA) is 108 Å². The number of nitro benzene ring substituents is 1. The van der Waals surface area contributed by atoms with E-state index in [4.69, 9.17) is 14.2 Å².